The number of benzene rings is 2. The van der Waals surface area contributed by atoms with Crippen molar-refractivity contribution in [3.63, 3.8) is 0 Å². The van der Waals surface area contributed by atoms with Crippen molar-refractivity contribution in [2.24, 2.45) is 0 Å². The van der Waals surface area contributed by atoms with E-state index in [1.807, 2.05) is 24.3 Å². The van der Waals surface area contributed by atoms with Crippen molar-refractivity contribution >= 4 is 80.1 Å². The largest absolute Gasteiger partial charge is 0.487 e. The molecule has 0 unspecified atom stereocenters. The van der Waals surface area contributed by atoms with Crippen molar-refractivity contribution in [3.05, 3.63) is 65.1 Å². The first-order chi connectivity index (χ1) is 15.8. The summed E-state index contributed by atoms with van der Waals surface area (Å²) < 4.78 is 7.91. The van der Waals surface area contributed by atoms with Crippen LogP contribution in [0.3, 0.4) is 0 Å². The van der Waals surface area contributed by atoms with Gasteiger partial charge >= 0.3 is 0 Å². The number of carbonyl (C=O) groups excluding carboxylic acids is 3. The summed E-state index contributed by atoms with van der Waals surface area (Å²) in [4.78, 5) is 40.7. The van der Waals surface area contributed by atoms with Gasteiger partial charge in [0.05, 0.1) is 12.0 Å². The van der Waals surface area contributed by atoms with Crippen LogP contribution in [0.2, 0.25) is 0 Å². The highest BCUT2D eigenvalue weighted by molar-refractivity contribution is 14.1. The zero-order valence-corrected chi connectivity index (χ0v) is 23.1. The maximum absolute atomic E-state index is 12.8. The van der Waals surface area contributed by atoms with Crippen LogP contribution in [-0.2, 0) is 16.2 Å². The van der Waals surface area contributed by atoms with Crippen LogP contribution in [-0.4, -0.2) is 46.5 Å². The van der Waals surface area contributed by atoms with Crippen LogP contribution in [0.15, 0.2) is 41.3 Å². The Bertz CT molecular complexity index is 1120. The Morgan fingerprint density at radius 3 is 2.48 bits per heavy atom. The average Bonchev–Trinajstić information content (AvgIpc) is 3.38. The molecule has 0 aromatic heterocycles. The lowest BCUT2D eigenvalue weighted by Crippen LogP contribution is -2.40. The number of hydrogen-bond donors (Lipinski definition) is 0. The normalized spacial score (nSPS) is 17.4. The van der Waals surface area contributed by atoms with Crippen LogP contribution in [0, 0.1) is 14.1 Å². The van der Waals surface area contributed by atoms with E-state index in [9.17, 15) is 14.4 Å². The smallest absolute Gasteiger partial charge is 0.294 e. The third kappa shape index (κ3) is 5.91. The highest BCUT2D eigenvalue weighted by atomic mass is 127. The van der Waals surface area contributed by atoms with E-state index in [2.05, 4.69) is 64.2 Å². The molecule has 2 aliphatic heterocycles. The fourth-order valence-corrected chi connectivity index (χ4v) is 6.71. The number of imide groups is 1. The molecule has 3 amide bonds. The zero-order chi connectivity index (χ0) is 23.5. The Morgan fingerprint density at radius 1 is 1.12 bits per heavy atom. The summed E-state index contributed by atoms with van der Waals surface area (Å²) in [5, 5.41) is -0.402. The Labute approximate surface area is 224 Å². The number of ether oxygens (including phenoxy) is 1. The van der Waals surface area contributed by atoms with E-state index in [1.54, 1.807) is 11.0 Å². The van der Waals surface area contributed by atoms with Crippen molar-refractivity contribution in [1.82, 2.24) is 9.80 Å². The summed E-state index contributed by atoms with van der Waals surface area (Å²) in [6, 6.07) is 12.0. The molecule has 2 heterocycles. The lowest BCUT2D eigenvalue weighted by Gasteiger charge is -2.18. The van der Waals surface area contributed by atoms with E-state index in [4.69, 9.17) is 4.74 Å². The highest BCUT2D eigenvalue weighted by Crippen LogP contribution is 2.35. The molecule has 172 valence electrons. The van der Waals surface area contributed by atoms with E-state index in [1.165, 1.54) is 5.56 Å². The van der Waals surface area contributed by atoms with Gasteiger partial charge in [-0.15, -0.1) is 0 Å². The van der Waals surface area contributed by atoms with Crippen LogP contribution in [0.4, 0.5) is 4.79 Å². The van der Waals surface area contributed by atoms with Crippen LogP contribution < -0.4 is 4.74 Å². The Hall–Kier alpha value is -1.60. The molecule has 2 aliphatic rings. The quantitative estimate of drug-likeness (QED) is 0.299. The van der Waals surface area contributed by atoms with E-state index in [0.29, 0.717) is 24.6 Å². The number of rotatable bonds is 6. The van der Waals surface area contributed by atoms with E-state index < -0.39 is 11.1 Å². The predicted octanol–water partition coefficient (Wildman–Crippen LogP) is 5.44. The number of hydrogen-bond acceptors (Lipinski definition) is 5. The average molecular weight is 688 g/mol. The van der Waals surface area contributed by atoms with Crippen LogP contribution in [0.25, 0.3) is 6.08 Å². The summed E-state index contributed by atoms with van der Waals surface area (Å²) in [5.41, 5.74) is 3.10. The van der Waals surface area contributed by atoms with Gasteiger partial charge in [0.15, 0.2) is 0 Å². The second-order valence-electron chi connectivity index (χ2n) is 7.95. The molecule has 0 aliphatic carbocycles. The molecule has 2 saturated heterocycles. The van der Waals surface area contributed by atoms with Crippen molar-refractivity contribution in [1.29, 1.82) is 0 Å². The van der Waals surface area contributed by atoms with Crippen LogP contribution >= 0.6 is 56.9 Å². The first-order valence-electron chi connectivity index (χ1n) is 10.5. The van der Waals surface area contributed by atoms with Gasteiger partial charge in [0.2, 0.25) is 5.91 Å². The van der Waals surface area contributed by atoms with Gasteiger partial charge in [-0.05, 0) is 106 Å². The number of halogens is 2. The van der Waals surface area contributed by atoms with Crippen LogP contribution in [0.5, 0.6) is 5.75 Å². The van der Waals surface area contributed by atoms with Gasteiger partial charge in [-0.25, -0.2) is 0 Å². The van der Waals surface area contributed by atoms with E-state index in [-0.39, 0.29) is 12.5 Å². The second kappa shape index (κ2) is 10.8. The lowest BCUT2D eigenvalue weighted by molar-refractivity contribution is -0.135. The van der Waals surface area contributed by atoms with Crippen LogP contribution in [0.1, 0.15) is 29.5 Å². The third-order valence-corrected chi connectivity index (χ3v) is 7.92. The molecule has 6 nitrogen and oxygen atoms in total. The molecule has 0 saturated carbocycles. The van der Waals surface area contributed by atoms with Gasteiger partial charge in [-0.2, -0.15) is 0 Å². The molecule has 9 heteroatoms. The lowest BCUT2D eigenvalue weighted by atomic mass is 10.1. The summed E-state index contributed by atoms with van der Waals surface area (Å²) in [7, 11) is 0. The summed E-state index contributed by atoms with van der Waals surface area (Å²) in [6.07, 6.45) is 3.64. The number of nitrogens with zero attached hydrogens (tertiary/aromatic N) is 2. The SMILES string of the molecule is Cc1cccc(COc2c(I)cc(/C=C3\SC(=O)N(CC(=O)N4CCCC4)C3=O)cc2I)c1. The molecule has 0 radical (unpaired) electrons. The fourth-order valence-electron chi connectivity index (χ4n) is 3.75. The van der Waals surface area contributed by atoms with Gasteiger partial charge in [-0.3, -0.25) is 19.3 Å². The van der Waals surface area contributed by atoms with E-state index in [0.717, 1.165) is 53.5 Å². The molecule has 0 atom stereocenters. The second-order valence-corrected chi connectivity index (χ2v) is 11.3. The van der Waals surface area contributed by atoms with Gasteiger partial charge in [-0.1, -0.05) is 29.8 Å². The monoisotopic (exact) mass is 688 g/mol. The van der Waals surface area contributed by atoms with Gasteiger partial charge < -0.3 is 9.64 Å². The maximum Gasteiger partial charge on any atom is 0.294 e. The maximum atomic E-state index is 12.8. The van der Waals surface area contributed by atoms with E-state index >= 15 is 0 Å². The first kappa shape index (κ1) is 24.5. The number of likely N-dealkylation sites (tertiary alicyclic amines) is 1. The third-order valence-electron chi connectivity index (χ3n) is 5.41. The van der Waals surface area contributed by atoms with Crippen molar-refractivity contribution in [2.75, 3.05) is 19.6 Å². The summed E-state index contributed by atoms with van der Waals surface area (Å²) in [6.45, 7) is 3.72. The molecule has 0 N–H and O–H groups in total. The van der Waals surface area contributed by atoms with Crippen molar-refractivity contribution < 1.29 is 19.1 Å². The predicted molar refractivity (Wildman–Crippen MR) is 146 cm³/mol. The number of aryl methyl sites for hydroxylation is 1. The number of amides is 3. The molecular weight excluding hydrogens is 666 g/mol. The summed E-state index contributed by atoms with van der Waals surface area (Å²) in [5.74, 6) is 0.205. The minimum Gasteiger partial charge on any atom is -0.487 e. The van der Waals surface area contributed by atoms with Crippen molar-refractivity contribution in [2.45, 2.75) is 26.4 Å². The topological polar surface area (TPSA) is 66.9 Å². The standard InChI is InChI=1S/C24H22I2N2O4S/c1-15-5-4-6-16(9-15)14-32-22-18(25)10-17(11-19(22)26)12-20-23(30)28(24(31)33-20)13-21(29)27-7-2-3-8-27/h4-6,9-12H,2-3,7-8,13-14H2,1H3/b20-12-. The Morgan fingerprint density at radius 2 is 1.82 bits per heavy atom. The van der Waals surface area contributed by atoms with Gasteiger partial charge in [0.1, 0.15) is 18.9 Å². The fraction of sp³-hybridized carbons (Fsp3) is 0.292. The molecule has 33 heavy (non-hydrogen) atoms. The molecule has 2 fully saturated rings. The van der Waals surface area contributed by atoms with Gasteiger partial charge in [0, 0.05) is 13.1 Å². The molecule has 0 bridgehead atoms. The van der Waals surface area contributed by atoms with Gasteiger partial charge in [0.25, 0.3) is 11.1 Å². The molecular formula is C24H22I2N2O4S. The Kier molecular flexibility index (Phi) is 8.00. The molecule has 4 rings (SSSR count). The summed E-state index contributed by atoms with van der Waals surface area (Å²) >= 11 is 5.32. The molecule has 0 spiro atoms. The number of carbonyl (C=O) groups is 3. The first-order valence-corrected chi connectivity index (χ1v) is 13.5. The highest BCUT2D eigenvalue weighted by Gasteiger charge is 2.37. The minimum absolute atomic E-state index is 0.171. The molecule has 2 aromatic rings. The molecule has 2 aromatic carbocycles. The minimum atomic E-state index is -0.415. The Balaban J connectivity index is 1.46. The zero-order valence-electron chi connectivity index (χ0n) is 18.0. The number of thioether (sulfide) groups is 1. The van der Waals surface area contributed by atoms with Crippen molar-refractivity contribution in [3.8, 4) is 5.75 Å².